The maximum absolute atomic E-state index is 12.7. The molecular weight excluding hydrogens is 241 g/mol. The van der Waals surface area contributed by atoms with Crippen LogP contribution in [0, 0.1) is 5.92 Å². The molecule has 0 spiro atoms. The second-order valence-corrected chi connectivity index (χ2v) is 4.58. The highest BCUT2D eigenvalue weighted by Crippen LogP contribution is 2.31. The summed E-state index contributed by atoms with van der Waals surface area (Å²) in [6.07, 6.45) is -4.22. The summed E-state index contributed by atoms with van der Waals surface area (Å²) >= 11 is 0. The Morgan fingerprint density at radius 3 is 2.11 bits per heavy atom. The van der Waals surface area contributed by atoms with Crippen LogP contribution in [0.3, 0.4) is 0 Å². The molecule has 102 valence electrons. The Bertz CT molecular complexity index is 357. The standard InChI is InChI=1S/C13H19F3N2/c1-18(2)12-5-3-10(4-6-12)9-11(7-8-17)13(14,15)16/h3-6,11H,7-9,17H2,1-2H3. The SMILES string of the molecule is CN(C)c1ccc(CC(CCN)C(F)(F)F)cc1. The lowest BCUT2D eigenvalue weighted by atomic mass is 9.95. The minimum atomic E-state index is -4.18. The Labute approximate surface area is 106 Å². The fourth-order valence-electron chi connectivity index (χ4n) is 1.80. The average Bonchev–Trinajstić information content (AvgIpc) is 2.28. The van der Waals surface area contributed by atoms with Crippen LogP contribution >= 0.6 is 0 Å². The van der Waals surface area contributed by atoms with E-state index in [1.807, 2.05) is 31.1 Å². The molecule has 0 saturated carbocycles. The van der Waals surface area contributed by atoms with E-state index in [0.29, 0.717) is 5.56 Å². The average molecular weight is 260 g/mol. The Morgan fingerprint density at radius 2 is 1.72 bits per heavy atom. The van der Waals surface area contributed by atoms with Crippen LogP contribution in [-0.4, -0.2) is 26.8 Å². The number of hydrogen-bond donors (Lipinski definition) is 1. The highest BCUT2D eigenvalue weighted by molar-refractivity contribution is 5.46. The van der Waals surface area contributed by atoms with Gasteiger partial charge in [-0.2, -0.15) is 13.2 Å². The number of anilines is 1. The number of benzene rings is 1. The first-order chi connectivity index (χ1) is 8.34. The molecule has 5 heteroatoms. The van der Waals surface area contributed by atoms with Crippen molar-refractivity contribution in [3.63, 3.8) is 0 Å². The summed E-state index contributed by atoms with van der Waals surface area (Å²) in [5.74, 6) is -1.35. The molecule has 1 unspecified atom stereocenters. The molecule has 2 nitrogen and oxygen atoms in total. The summed E-state index contributed by atoms with van der Waals surface area (Å²) in [6.45, 7) is 0.0555. The number of hydrogen-bond acceptors (Lipinski definition) is 2. The lowest BCUT2D eigenvalue weighted by molar-refractivity contribution is -0.175. The van der Waals surface area contributed by atoms with Crippen LogP contribution in [0.4, 0.5) is 18.9 Å². The van der Waals surface area contributed by atoms with Crippen molar-refractivity contribution in [1.29, 1.82) is 0 Å². The van der Waals surface area contributed by atoms with E-state index < -0.39 is 12.1 Å². The molecule has 0 heterocycles. The van der Waals surface area contributed by atoms with Crippen LogP contribution in [0.5, 0.6) is 0 Å². The van der Waals surface area contributed by atoms with Crippen LogP contribution in [0.15, 0.2) is 24.3 Å². The van der Waals surface area contributed by atoms with Crippen LogP contribution in [0.2, 0.25) is 0 Å². The van der Waals surface area contributed by atoms with E-state index in [9.17, 15) is 13.2 Å². The quantitative estimate of drug-likeness (QED) is 0.882. The highest BCUT2D eigenvalue weighted by atomic mass is 19.4. The van der Waals surface area contributed by atoms with Gasteiger partial charge in [-0.05, 0) is 37.1 Å². The fourth-order valence-corrected chi connectivity index (χ4v) is 1.80. The summed E-state index contributed by atoms with van der Waals surface area (Å²) in [7, 11) is 3.78. The van der Waals surface area contributed by atoms with E-state index in [1.165, 1.54) is 0 Å². The van der Waals surface area contributed by atoms with Gasteiger partial charge in [0.25, 0.3) is 0 Å². The number of nitrogens with two attached hydrogens (primary N) is 1. The van der Waals surface area contributed by atoms with Crippen LogP contribution in [0.25, 0.3) is 0 Å². The van der Waals surface area contributed by atoms with Crippen LogP contribution in [-0.2, 0) is 6.42 Å². The van der Waals surface area contributed by atoms with Gasteiger partial charge in [-0.25, -0.2) is 0 Å². The van der Waals surface area contributed by atoms with Crippen molar-refractivity contribution in [1.82, 2.24) is 0 Å². The minimum absolute atomic E-state index is 0.00555. The molecule has 1 aromatic rings. The van der Waals surface area contributed by atoms with Crippen molar-refractivity contribution in [2.45, 2.75) is 19.0 Å². The zero-order valence-corrected chi connectivity index (χ0v) is 10.7. The van der Waals surface area contributed by atoms with Crippen LogP contribution < -0.4 is 10.6 Å². The van der Waals surface area contributed by atoms with E-state index >= 15 is 0 Å². The first-order valence-corrected chi connectivity index (χ1v) is 5.87. The zero-order chi connectivity index (χ0) is 13.8. The van der Waals surface area contributed by atoms with Gasteiger partial charge >= 0.3 is 6.18 Å². The molecular formula is C13H19F3N2. The largest absolute Gasteiger partial charge is 0.392 e. The van der Waals surface area contributed by atoms with E-state index in [0.717, 1.165) is 5.69 Å². The molecule has 0 amide bonds. The lowest BCUT2D eigenvalue weighted by Crippen LogP contribution is -2.27. The molecule has 0 bridgehead atoms. The maximum Gasteiger partial charge on any atom is 0.392 e. The van der Waals surface area contributed by atoms with Crippen LogP contribution in [0.1, 0.15) is 12.0 Å². The van der Waals surface area contributed by atoms with Gasteiger partial charge in [-0.15, -0.1) is 0 Å². The topological polar surface area (TPSA) is 29.3 Å². The monoisotopic (exact) mass is 260 g/mol. The number of alkyl halides is 3. The molecule has 0 aromatic heterocycles. The van der Waals surface area contributed by atoms with Gasteiger partial charge in [0, 0.05) is 19.8 Å². The number of nitrogens with zero attached hydrogens (tertiary/aromatic N) is 1. The molecule has 0 fully saturated rings. The summed E-state index contributed by atoms with van der Waals surface area (Å²) in [5, 5.41) is 0. The zero-order valence-electron chi connectivity index (χ0n) is 10.7. The number of rotatable bonds is 5. The van der Waals surface area contributed by atoms with Gasteiger partial charge in [0.15, 0.2) is 0 Å². The third kappa shape index (κ3) is 4.22. The van der Waals surface area contributed by atoms with Crippen molar-refractivity contribution in [3.05, 3.63) is 29.8 Å². The lowest BCUT2D eigenvalue weighted by Gasteiger charge is -2.20. The Balaban J connectivity index is 2.75. The van der Waals surface area contributed by atoms with E-state index in [1.54, 1.807) is 12.1 Å². The van der Waals surface area contributed by atoms with Crippen molar-refractivity contribution in [3.8, 4) is 0 Å². The van der Waals surface area contributed by atoms with E-state index in [-0.39, 0.29) is 19.4 Å². The molecule has 0 aliphatic carbocycles. The second kappa shape index (κ2) is 6.09. The summed E-state index contributed by atoms with van der Waals surface area (Å²) < 4.78 is 38.2. The maximum atomic E-state index is 12.7. The van der Waals surface area contributed by atoms with Crippen molar-refractivity contribution in [2.24, 2.45) is 11.7 Å². The molecule has 1 atom stereocenters. The summed E-state index contributed by atoms with van der Waals surface area (Å²) in [5.41, 5.74) is 6.90. The van der Waals surface area contributed by atoms with Gasteiger partial charge in [0.2, 0.25) is 0 Å². The highest BCUT2D eigenvalue weighted by Gasteiger charge is 2.38. The van der Waals surface area contributed by atoms with Crippen molar-refractivity contribution >= 4 is 5.69 Å². The molecule has 2 N–H and O–H groups in total. The first kappa shape index (κ1) is 14.8. The normalized spacial score (nSPS) is 13.4. The summed E-state index contributed by atoms with van der Waals surface area (Å²) in [6, 6.07) is 7.13. The minimum Gasteiger partial charge on any atom is -0.378 e. The van der Waals surface area contributed by atoms with Gasteiger partial charge in [-0.1, -0.05) is 12.1 Å². The van der Waals surface area contributed by atoms with Crippen molar-refractivity contribution < 1.29 is 13.2 Å². The van der Waals surface area contributed by atoms with Crippen molar-refractivity contribution in [2.75, 3.05) is 25.5 Å². The first-order valence-electron chi connectivity index (χ1n) is 5.87. The molecule has 18 heavy (non-hydrogen) atoms. The Kier molecular flexibility index (Phi) is 5.02. The summed E-state index contributed by atoms with van der Waals surface area (Å²) in [4.78, 5) is 1.91. The molecule has 0 aliphatic heterocycles. The smallest absolute Gasteiger partial charge is 0.378 e. The van der Waals surface area contributed by atoms with Gasteiger partial charge in [0.1, 0.15) is 0 Å². The molecule has 1 aromatic carbocycles. The molecule has 0 radical (unpaired) electrons. The molecule has 0 saturated heterocycles. The Morgan fingerprint density at radius 1 is 1.17 bits per heavy atom. The second-order valence-electron chi connectivity index (χ2n) is 4.58. The van der Waals surface area contributed by atoms with Gasteiger partial charge in [0.05, 0.1) is 5.92 Å². The van der Waals surface area contributed by atoms with E-state index in [4.69, 9.17) is 5.73 Å². The van der Waals surface area contributed by atoms with Gasteiger partial charge < -0.3 is 10.6 Å². The fraction of sp³-hybridized carbons (Fsp3) is 0.538. The predicted molar refractivity (Wildman–Crippen MR) is 67.7 cm³/mol. The predicted octanol–water partition coefficient (Wildman–Crippen LogP) is 2.82. The molecule has 1 rings (SSSR count). The Hall–Kier alpha value is -1.23. The third-order valence-corrected chi connectivity index (χ3v) is 2.91. The number of halogens is 3. The van der Waals surface area contributed by atoms with Gasteiger partial charge in [-0.3, -0.25) is 0 Å². The molecule has 0 aliphatic rings. The van der Waals surface area contributed by atoms with E-state index in [2.05, 4.69) is 0 Å². The third-order valence-electron chi connectivity index (χ3n) is 2.91.